The molecule has 0 radical (unpaired) electrons. The van der Waals surface area contributed by atoms with E-state index in [4.69, 9.17) is 11.6 Å². The summed E-state index contributed by atoms with van der Waals surface area (Å²) in [5, 5.41) is 3.83. The zero-order valence-electron chi connectivity index (χ0n) is 8.60. The molecular formula is C12H15ClFN. The van der Waals surface area contributed by atoms with E-state index in [-0.39, 0.29) is 5.82 Å². The fraction of sp³-hybridized carbons (Fsp3) is 0.500. The van der Waals surface area contributed by atoms with Crippen LogP contribution in [-0.2, 0) is 6.54 Å². The second kappa shape index (κ2) is 4.95. The van der Waals surface area contributed by atoms with Crippen LogP contribution in [0.2, 0.25) is 5.02 Å². The highest BCUT2D eigenvalue weighted by Crippen LogP contribution is 2.31. The Hall–Kier alpha value is -0.600. The lowest BCUT2D eigenvalue weighted by Gasteiger charge is -2.06. The maximum absolute atomic E-state index is 12.7. The highest BCUT2D eigenvalue weighted by atomic mass is 35.5. The molecule has 0 aromatic heterocycles. The Kier molecular flexibility index (Phi) is 3.60. The highest BCUT2D eigenvalue weighted by Gasteiger charge is 2.19. The first kappa shape index (κ1) is 10.9. The SMILES string of the molecule is Fc1ccc(CNCCC2CC2)c(Cl)c1. The normalized spacial score (nSPS) is 15.6. The zero-order valence-corrected chi connectivity index (χ0v) is 9.36. The van der Waals surface area contributed by atoms with Crippen LogP contribution in [0, 0.1) is 11.7 Å². The number of hydrogen-bond donors (Lipinski definition) is 1. The summed E-state index contributed by atoms with van der Waals surface area (Å²) in [6, 6.07) is 4.55. The summed E-state index contributed by atoms with van der Waals surface area (Å²) in [7, 11) is 0. The minimum atomic E-state index is -0.276. The summed E-state index contributed by atoms with van der Waals surface area (Å²) < 4.78 is 12.7. The molecule has 1 saturated carbocycles. The number of nitrogens with one attached hydrogen (secondary N) is 1. The molecular weight excluding hydrogens is 213 g/mol. The van der Waals surface area contributed by atoms with E-state index >= 15 is 0 Å². The molecule has 1 N–H and O–H groups in total. The van der Waals surface area contributed by atoms with E-state index in [1.54, 1.807) is 6.07 Å². The van der Waals surface area contributed by atoms with Crippen LogP contribution in [0.3, 0.4) is 0 Å². The van der Waals surface area contributed by atoms with Gasteiger partial charge in [0.2, 0.25) is 0 Å². The van der Waals surface area contributed by atoms with Gasteiger partial charge in [0.1, 0.15) is 5.82 Å². The van der Waals surface area contributed by atoms with E-state index in [0.29, 0.717) is 5.02 Å². The lowest BCUT2D eigenvalue weighted by Crippen LogP contribution is -2.15. The molecule has 82 valence electrons. The van der Waals surface area contributed by atoms with Crippen LogP contribution in [0.1, 0.15) is 24.8 Å². The standard InChI is InChI=1S/C12H15ClFN/c13-12-7-11(14)4-3-10(12)8-15-6-5-9-1-2-9/h3-4,7,9,15H,1-2,5-6,8H2. The summed E-state index contributed by atoms with van der Waals surface area (Å²) >= 11 is 5.90. The van der Waals surface area contributed by atoms with Gasteiger partial charge >= 0.3 is 0 Å². The number of hydrogen-bond acceptors (Lipinski definition) is 1. The van der Waals surface area contributed by atoms with Crippen LogP contribution >= 0.6 is 11.6 Å². The monoisotopic (exact) mass is 227 g/mol. The molecule has 1 aromatic rings. The molecule has 1 fully saturated rings. The quantitative estimate of drug-likeness (QED) is 0.761. The molecule has 0 saturated heterocycles. The first-order valence-corrected chi connectivity index (χ1v) is 5.78. The third-order valence-corrected chi connectivity index (χ3v) is 3.11. The van der Waals surface area contributed by atoms with Gasteiger partial charge in [-0.1, -0.05) is 30.5 Å². The zero-order chi connectivity index (χ0) is 10.7. The van der Waals surface area contributed by atoms with Gasteiger partial charge in [-0.3, -0.25) is 0 Å². The van der Waals surface area contributed by atoms with E-state index in [9.17, 15) is 4.39 Å². The van der Waals surface area contributed by atoms with Crippen molar-refractivity contribution in [3.05, 3.63) is 34.6 Å². The Labute approximate surface area is 94.6 Å². The number of halogens is 2. The van der Waals surface area contributed by atoms with E-state index in [2.05, 4.69) is 5.32 Å². The third-order valence-electron chi connectivity index (χ3n) is 2.76. The Morgan fingerprint density at radius 3 is 2.87 bits per heavy atom. The van der Waals surface area contributed by atoms with E-state index in [0.717, 1.165) is 24.6 Å². The number of benzene rings is 1. The molecule has 0 spiro atoms. The van der Waals surface area contributed by atoms with Crippen molar-refractivity contribution < 1.29 is 4.39 Å². The molecule has 15 heavy (non-hydrogen) atoms. The average Bonchev–Trinajstić information content (AvgIpc) is 2.99. The second-order valence-electron chi connectivity index (χ2n) is 4.14. The van der Waals surface area contributed by atoms with E-state index in [1.165, 1.54) is 31.4 Å². The molecule has 1 aromatic carbocycles. The molecule has 0 aliphatic heterocycles. The van der Waals surface area contributed by atoms with Gasteiger partial charge in [-0.25, -0.2) is 4.39 Å². The first-order valence-electron chi connectivity index (χ1n) is 5.40. The highest BCUT2D eigenvalue weighted by molar-refractivity contribution is 6.31. The van der Waals surface area contributed by atoms with Crippen LogP contribution in [-0.4, -0.2) is 6.54 Å². The van der Waals surface area contributed by atoms with Crippen LogP contribution in [0.4, 0.5) is 4.39 Å². The maximum atomic E-state index is 12.7. The van der Waals surface area contributed by atoms with Crippen LogP contribution in [0.15, 0.2) is 18.2 Å². The van der Waals surface area contributed by atoms with Crippen molar-refractivity contribution in [2.75, 3.05) is 6.54 Å². The lowest BCUT2D eigenvalue weighted by atomic mass is 10.2. The third kappa shape index (κ3) is 3.47. The number of rotatable bonds is 5. The van der Waals surface area contributed by atoms with Crippen molar-refractivity contribution in [3.63, 3.8) is 0 Å². The summed E-state index contributed by atoms with van der Waals surface area (Å²) in [6.45, 7) is 1.75. The van der Waals surface area contributed by atoms with Gasteiger partial charge in [0.15, 0.2) is 0 Å². The molecule has 0 amide bonds. The Morgan fingerprint density at radius 2 is 2.20 bits per heavy atom. The smallest absolute Gasteiger partial charge is 0.124 e. The maximum Gasteiger partial charge on any atom is 0.124 e. The molecule has 1 aliphatic rings. The van der Waals surface area contributed by atoms with Gasteiger partial charge in [0, 0.05) is 11.6 Å². The van der Waals surface area contributed by atoms with Crippen LogP contribution in [0.25, 0.3) is 0 Å². The van der Waals surface area contributed by atoms with Crippen molar-refractivity contribution in [3.8, 4) is 0 Å². The molecule has 1 aliphatic carbocycles. The average molecular weight is 228 g/mol. The fourth-order valence-corrected chi connectivity index (χ4v) is 1.83. The Bertz CT molecular complexity index is 336. The van der Waals surface area contributed by atoms with Crippen molar-refractivity contribution in [2.24, 2.45) is 5.92 Å². The molecule has 0 bridgehead atoms. The van der Waals surface area contributed by atoms with Gasteiger partial charge in [-0.15, -0.1) is 0 Å². The Balaban J connectivity index is 1.76. The minimum absolute atomic E-state index is 0.276. The summed E-state index contributed by atoms with van der Waals surface area (Å²) in [4.78, 5) is 0. The van der Waals surface area contributed by atoms with Crippen molar-refractivity contribution >= 4 is 11.6 Å². The minimum Gasteiger partial charge on any atom is -0.313 e. The predicted molar refractivity (Wildman–Crippen MR) is 60.5 cm³/mol. The van der Waals surface area contributed by atoms with Gasteiger partial charge in [-0.05, 0) is 36.6 Å². The molecule has 0 unspecified atom stereocenters. The molecule has 1 nitrogen and oxygen atoms in total. The fourth-order valence-electron chi connectivity index (χ4n) is 1.60. The van der Waals surface area contributed by atoms with Gasteiger partial charge in [0.05, 0.1) is 0 Å². The van der Waals surface area contributed by atoms with E-state index < -0.39 is 0 Å². The predicted octanol–water partition coefficient (Wildman–Crippen LogP) is 3.37. The van der Waals surface area contributed by atoms with Crippen LogP contribution in [0.5, 0.6) is 0 Å². The lowest BCUT2D eigenvalue weighted by molar-refractivity contribution is 0.608. The second-order valence-corrected chi connectivity index (χ2v) is 4.55. The topological polar surface area (TPSA) is 12.0 Å². The van der Waals surface area contributed by atoms with Gasteiger partial charge < -0.3 is 5.32 Å². The summed E-state index contributed by atoms with van der Waals surface area (Å²) in [5.41, 5.74) is 0.967. The first-order chi connectivity index (χ1) is 7.25. The van der Waals surface area contributed by atoms with Crippen molar-refractivity contribution in [1.82, 2.24) is 5.32 Å². The molecule has 3 heteroatoms. The van der Waals surface area contributed by atoms with Gasteiger partial charge in [0.25, 0.3) is 0 Å². The molecule has 0 heterocycles. The van der Waals surface area contributed by atoms with Crippen molar-refractivity contribution in [1.29, 1.82) is 0 Å². The molecule has 0 atom stereocenters. The van der Waals surface area contributed by atoms with Gasteiger partial charge in [-0.2, -0.15) is 0 Å². The largest absolute Gasteiger partial charge is 0.313 e. The van der Waals surface area contributed by atoms with Crippen LogP contribution < -0.4 is 5.32 Å². The molecule has 2 rings (SSSR count). The van der Waals surface area contributed by atoms with Crippen molar-refractivity contribution in [2.45, 2.75) is 25.8 Å². The summed E-state index contributed by atoms with van der Waals surface area (Å²) in [5.74, 6) is 0.669. The summed E-state index contributed by atoms with van der Waals surface area (Å²) in [6.07, 6.45) is 4.02. The Morgan fingerprint density at radius 1 is 1.40 bits per heavy atom. The van der Waals surface area contributed by atoms with E-state index in [1.807, 2.05) is 0 Å².